The molecule has 2 rings (SSSR count). The number of benzene rings is 1. The summed E-state index contributed by atoms with van der Waals surface area (Å²) in [5.41, 5.74) is 2.71. The zero-order valence-electron chi connectivity index (χ0n) is 13.5. The van der Waals surface area contributed by atoms with Crippen LogP contribution in [0.1, 0.15) is 37.2 Å². The van der Waals surface area contributed by atoms with E-state index in [1.807, 2.05) is 6.20 Å². The van der Waals surface area contributed by atoms with E-state index in [9.17, 15) is 0 Å². The lowest BCUT2D eigenvalue weighted by Gasteiger charge is -2.19. The van der Waals surface area contributed by atoms with Crippen molar-refractivity contribution in [2.75, 3.05) is 6.54 Å². The molecule has 114 valence electrons. The fraction of sp³-hybridized carbons (Fsp3) is 0.500. The van der Waals surface area contributed by atoms with Crippen LogP contribution in [0.4, 0.5) is 0 Å². The molecule has 0 saturated carbocycles. The van der Waals surface area contributed by atoms with Gasteiger partial charge in [-0.1, -0.05) is 36.8 Å². The van der Waals surface area contributed by atoms with Gasteiger partial charge in [0, 0.05) is 31.4 Å². The van der Waals surface area contributed by atoms with E-state index in [2.05, 4.69) is 66.1 Å². The highest BCUT2D eigenvalue weighted by Gasteiger charge is 2.13. The molecular formula is C18H27N3. The minimum Gasteiger partial charge on any atom is -0.335 e. The molecule has 1 heterocycles. The SMILES string of the molecule is CCCNC(Cc1ccc(C)cc1)Cc1nccn1CC. The second-order valence-electron chi connectivity index (χ2n) is 5.67. The van der Waals surface area contributed by atoms with E-state index in [0.29, 0.717) is 6.04 Å². The molecule has 1 unspecified atom stereocenters. The lowest BCUT2D eigenvalue weighted by molar-refractivity contribution is 0.485. The van der Waals surface area contributed by atoms with E-state index in [1.54, 1.807) is 0 Å². The van der Waals surface area contributed by atoms with Crippen LogP contribution >= 0.6 is 0 Å². The van der Waals surface area contributed by atoms with Crippen LogP contribution < -0.4 is 5.32 Å². The monoisotopic (exact) mass is 285 g/mol. The molecule has 1 atom stereocenters. The van der Waals surface area contributed by atoms with E-state index < -0.39 is 0 Å². The van der Waals surface area contributed by atoms with Crippen LogP contribution in [0.3, 0.4) is 0 Å². The predicted molar refractivity (Wildman–Crippen MR) is 88.6 cm³/mol. The summed E-state index contributed by atoms with van der Waals surface area (Å²) < 4.78 is 2.23. The van der Waals surface area contributed by atoms with E-state index in [0.717, 1.165) is 32.4 Å². The first-order valence-electron chi connectivity index (χ1n) is 8.01. The second-order valence-corrected chi connectivity index (χ2v) is 5.67. The van der Waals surface area contributed by atoms with Crippen LogP contribution in [0.5, 0.6) is 0 Å². The highest BCUT2D eigenvalue weighted by molar-refractivity contribution is 5.22. The minimum atomic E-state index is 0.445. The summed E-state index contributed by atoms with van der Waals surface area (Å²) in [5.74, 6) is 1.18. The van der Waals surface area contributed by atoms with Gasteiger partial charge in [0.2, 0.25) is 0 Å². The number of aromatic nitrogens is 2. The van der Waals surface area contributed by atoms with Crippen molar-refractivity contribution in [3.05, 3.63) is 53.6 Å². The fourth-order valence-electron chi connectivity index (χ4n) is 2.61. The maximum absolute atomic E-state index is 4.51. The Bertz CT molecular complexity index is 528. The summed E-state index contributed by atoms with van der Waals surface area (Å²) in [5, 5.41) is 3.67. The standard InChI is InChI=1S/C18H27N3/c1-4-10-19-17(13-16-8-6-15(3)7-9-16)14-18-20-11-12-21(18)5-2/h6-9,11-12,17,19H,4-5,10,13-14H2,1-3H3. The van der Waals surface area contributed by atoms with Gasteiger partial charge >= 0.3 is 0 Å². The molecule has 1 aromatic heterocycles. The van der Waals surface area contributed by atoms with Gasteiger partial charge in [0.05, 0.1) is 0 Å². The van der Waals surface area contributed by atoms with Crippen LogP contribution in [0.15, 0.2) is 36.7 Å². The highest BCUT2D eigenvalue weighted by atomic mass is 15.1. The van der Waals surface area contributed by atoms with Gasteiger partial charge in [-0.25, -0.2) is 4.98 Å². The number of hydrogen-bond acceptors (Lipinski definition) is 2. The summed E-state index contributed by atoms with van der Waals surface area (Å²) in [4.78, 5) is 4.51. The minimum absolute atomic E-state index is 0.445. The molecule has 1 aromatic carbocycles. The average Bonchev–Trinajstić information content (AvgIpc) is 2.94. The van der Waals surface area contributed by atoms with Crippen molar-refractivity contribution < 1.29 is 0 Å². The average molecular weight is 285 g/mol. The number of aryl methyl sites for hydroxylation is 2. The second kappa shape index (κ2) is 7.99. The maximum atomic E-state index is 4.51. The van der Waals surface area contributed by atoms with Crippen molar-refractivity contribution in [1.82, 2.24) is 14.9 Å². The molecule has 0 radical (unpaired) electrons. The number of nitrogens with one attached hydrogen (secondary N) is 1. The van der Waals surface area contributed by atoms with Crippen molar-refractivity contribution >= 4 is 0 Å². The smallest absolute Gasteiger partial charge is 0.110 e. The molecule has 3 heteroatoms. The van der Waals surface area contributed by atoms with Crippen LogP contribution in [-0.2, 0) is 19.4 Å². The molecule has 1 N–H and O–H groups in total. The Morgan fingerprint density at radius 1 is 1.14 bits per heavy atom. The van der Waals surface area contributed by atoms with E-state index in [1.165, 1.54) is 17.0 Å². The Balaban J connectivity index is 2.05. The first kappa shape index (κ1) is 15.8. The summed E-state index contributed by atoms with van der Waals surface area (Å²) in [6.07, 6.45) is 7.16. The summed E-state index contributed by atoms with van der Waals surface area (Å²) in [6.45, 7) is 8.56. The fourth-order valence-corrected chi connectivity index (χ4v) is 2.61. The summed E-state index contributed by atoms with van der Waals surface area (Å²) >= 11 is 0. The van der Waals surface area contributed by atoms with Gasteiger partial charge in [-0.3, -0.25) is 0 Å². The maximum Gasteiger partial charge on any atom is 0.110 e. The highest BCUT2D eigenvalue weighted by Crippen LogP contribution is 2.10. The first-order valence-corrected chi connectivity index (χ1v) is 8.01. The summed E-state index contributed by atoms with van der Waals surface area (Å²) in [7, 11) is 0. The molecule has 0 aliphatic rings. The lowest BCUT2D eigenvalue weighted by Crippen LogP contribution is -2.34. The van der Waals surface area contributed by atoms with Crippen molar-refractivity contribution in [2.45, 2.75) is 52.6 Å². The molecule has 0 bridgehead atoms. The molecule has 0 saturated heterocycles. The number of rotatable bonds is 8. The van der Waals surface area contributed by atoms with Crippen LogP contribution in [0, 0.1) is 6.92 Å². The number of hydrogen-bond donors (Lipinski definition) is 1. The molecule has 2 aromatic rings. The molecule has 0 amide bonds. The topological polar surface area (TPSA) is 29.9 Å². The quantitative estimate of drug-likeness (QED) is 0.806. The molecule has 0 spiro atoms. The van der Waals surface area contributed by atoms with Crippen LogP contribution in [-0.4, -0.2) is 22.1 Å². The third-order valence-electron chi connectivity index (χ3n) is 3.86. The van der Waals surface area contributed by atoms with Crippen molar-refractivity contribution in [3.63, 3.8) is 0 Å². The van der Waals surface area contributed by atoms with Gasteiger partial charge in [0.15, 0.2) is 0 Å². The Morgan fingerprint density at radius 3 is 2.57 bits per heavy atom. The summed E-state index contributed by atoms with van der Waals surface area (Å²) in [6, 6.07) is 9.31. The van der Waals surface area contributed by atoms with E-state index >= 15 is 0 Å². The Labute approximate surface area is 128 Å². The molecule has 0 aliphatic heterocycles. The number of nitrogens with zero attached hydrogens (tertiary/aromatic N) is 2. The van der Waals surface area contributed by atoms with Gasteiger partial charge < -0.3 is 9.88 Å². The van der Waals surface area contributed by atoms with Gasteiger partial charge in [-0.15, -0.1) is 0 Å². The molecule has 0 aliphatic carbocycles. The van der Waals surface area contributed by atoms with Crippen molar-refractivity contribution in [2.24, 2.45) is 0 Å². The van der Waals surface area contributed by atoms with Crippen LogP contribution in [0.25, 0.3) is 0 Å². The van der Waals surface area contributed by atoms with Gasteiger partial charge in [0.25, 0.3) is 0 Å². The van der Waals surface area contributed by atoms with Gasteiger partial charge in [-0.05, 0) is 38.8 Å². The van der Waals surface area contributed by atoms with Gasteiger partial charge in [0.1, 0.15) is 5.82 Å². The number of imidazole rings is 1. The Kier molecular flexibility index (Phi) is 6.00. The zero-order chi connectivity index (χ0) is 15.1. The van der Waals surface area contributed by atoms with E-state index in [-0.39, 0.29) is 0 Å². The predicted octanol–water partition coefficient (Wildman–Crippen LogP) is 3.36. The largest absolute Gasteiger partial charge is 0.335 e. The normalized spacial score (nSPS) is 12.5. The van der Waals surface area contributed by atoms with Crippen LogP contribution in [0.2, 0.25) is 0 Å². The van der Waals surface area contributed by atoms with Gasteiger partial charge in [-0.2, -0.15) is 0 Å². The van der Waals surface area contributed by atoms with Crippen molar-refractivity contribution in [1.29, 1.82) is 0 Å². The lowest BCUT2D eigenvalue weighted by atomic mass is 10.0. The first-order chi connectivity index (χ1) is 10.2. The Hall–Kier alpha value is -1.61. The van der Waals surface area contributed by atoms with E-state index in [4.69, 9.17) is 0 Å². The third-order valence-corrected chi connectivity index (χ3v) is 3.86. The molecular weight excluding hydrogens is 258 g/mol. The molecule has 3 nitrogen and oxygen atoms in total. The molecule has 0 fully saturated rings. The van der Waals surface area contributed by atoms with Crippen molar-refractivity contribution in [3.8, 4) is 0 Å². The Morgan fingerprint density at radius 2 is 1.90 bits per heavy atom. The molecule has 21 heavy (non-hydrogen) atoms. The third kappa shape index (κ3) is 4.71. The zero-order valence-corrected chi connectivity index (χ0v) is 13.5.